The summed E-state index contributed by atoms with van der Waals surface area (Å²) in [7, 11) is 0. The van der Waals surface area contributed by atoms with E-state index in [-0.39, 0.29) is 5.82 Å². The van der Waals surface area contributed by atoms with Gasteiger partial charge < -0.3 is 11.1 Å². The molecular formula is C15H15ClFN3O. The van der Waals surface area contributed by atoms with Crippen molar-refractivity contribution in [1.29, 1.82) is 0 Å². The Labute approximate surface area is 127 Å². The predicted molar refractivity (Wildman–Crippen MR) is 80.5 cm³/mol. The highest BCUT2D eigenvalue weighted by atomic mass is 35.5. The van der Waals surface area contributed by atoms with Gasteiger partial charge in [0.05, 0.1) is 10.9 Å². The minimum Gasteiger partial charge on any atom is -0.369 e. The van der Waals surface area contributed by atoms with Gasteiger partial charge in [0.15, 0.2) is 0 Å². The minimum absolute atomic E-state index is 0.308. The molecule has 1 amide bonds. The number of amides is 1. The molecule has 3 N–H and O–H groups in total. The van der Waals surface area contributed by atoms with E-state index < -0.39 is 11.8 Å². The second-order valence-corrected chi connectivity index (χ2v) is 5.11. The molecule has 1 aromatic heterocycles. The summed E-state index contributed by atoms with van der Waals surface area (Å²) in [6.45, 7) is 0.349. The van der Waals surface area contributed by atoms with Crippen LogP contribution in [0.3, 0.4) is 0 Å². The number of halogens is 2. The third-order valence-corrected chi connectivity index (χ3v) is 3.28. The van der Waals surface area contributed by atoms with Crippen molar-refractivity contribution in [3.8, 4) is 0 Å². The van der Waals surface area contributed by atoms with Crippen molar-refractivity contribution in [2.45, 2.75) is 6.42 Å². The average molecular weight is 308 g/mol. The van der Waals surface area contributed by atoms with Crippen LogP contribution in [0.4, 0.5) is 10.2 Å². The van der Waals surface area contributed by atoms with Crippen LogP contribution in [0.1, 0.15) is 5.56 Å². The molecule has 0 saturated carbocycles. The first kappa shape index (κ1) is 15.3. The first-order valence-electron chi connectivity index (χ1n) is 6.44. The van der Waals surface area contributed by atoms with E-state index in [0.29, 0.717) is 23.8 Å². The number of carbonyl (C=O) groups is 1. The molecule has 6 heteroatoms. The van der Waals surface area contributed by atoms with Crippen molar-refractivity contribution in [3.63, 3.8) is 0 Å². The lowest BCUT2D eigenvalue weighted by Gasteiger charge is -2.15. The van der Waals surface area contributed by atoms with Crippen LogP contribution in [0, 0.1) is 11.7 Å². The van der Waals surface area contributed by atoms with Gasteiger partial charge in [0.25, 0.3) is 0 Å². The topological polar surface area (TPSA) is 68.0 Å². The molecular weight excluding hydrogens is 293 g/mol. The maximum absolute atomic E-state index is 12.9. The minimum atomic E-state index is -0.416. The summed E-state index contributed by atoms with van der Waals surface area (Å²) in [5.41, 5.74) is 6.26. The second-order valence-electron chi connectivity index (χ2n) is 4.67. The van der Waals surface area contributed by atoms with E-state index in [2.05, 4.69) is 10.3 Å². The van der Waals surface area contributed by atoms with Gasteiger partial charge >= 0.3 is 0 Å². The molecule has 4 nitrogen and oxygen atoms in total. The zero-order valence-corrected chi connectivity index (χ0v) is 12.0. The molecule has 0 radical (unpaired) electrons. The number of nitrogens with zero attached hydrogens (tertiary/aromatic N) is 1. The summed E-state index contributed by atoms with van der Waals surface area (Å²) < 4.78 is 12.9. The Balaban J connectivity index is 1.97. The third kappa shape index (κ3) is 4.72. The lowest BCUT2D eigenvalue weighted by Crippen LogP contribution is -2.31. The molecule has 2 rings (SSSR count). The number of benzene rings is 1. The van der Waals surface area contributed by atoms with Crippen molar-refractivity contribution in [3.05, 3.63) is 59.0 Å². The third-order valence-electron chi connectivity index (χ3n) is 3.05. The Morgan fingerprint density at radius 1 is 1.29 bits per heavy atom. The Morgan fingerprint density at radius 3 is 2.57 bits per heavy atom. The molecule has 0 aliphatic rings. The molecule has 0 bridgehead atoms. The summed E-state index contributed by atoms with van der Waals surface area (Å²) in [5, 5.41) is 3.58. The van der Waals surface area contributed by atoms with Gasteiger partial charge in [-0.2, -0.15) is 0 Å². The van der Waals surface area contributed by atoms with Crippen LogP contribution in [-0.4, -0.2) is 17.4 Å². The maximum atomic E-state index is 12.9. The highest BCUT2D eigenvalue weighted by Gasteiger charge is 2.16. The van der Waals surface area contributed by atoms with Crippen LogP contribution in [0.2, 0.25) is 5.02 Å². The molecule has 0 aliphatic carbocycles. The van der Waals surface area contributed by atoms with Gasteiger partial charge in [0.2, 0.25) is 5.91 Å². The van der Waals surface area contributed by atoms with Crippen LogP contribution in [-0.2, 0) is 11.2 Å². The monoisotopic (exact) mass is 307 g/mol. The van der Waals surface area contributed by atoms with Gasteiger partial charge in [-0.25, -0.2) is 9.37 Å². The molecule has 1 aromatic carbocycles. The molecule has 1 heterocycles. The number of anilines is 1. The van der Waals surface area contributed by atoms with E-state index in [1.54, 1.807) is 24.3 Å². The molecule has 0 saturated heterocycles. The molecule has 0 spiro atoms. The summed E-state index contributed by atoms with van der Waals surface area (Å²) in [5.74, 6) is -0.517. The number of carbonyl (C=O) groups excluding carboxylic acids is 1. The molecule has 0 aliphatic heterocycles. The molecule has 21 heavy (non-hydrogen) atoms. The standard InChI is InChI=1S/C15H15ClFN3O/c16-12-3-6-14(20-9-12)19-8-11(15(18)21)7-10-1-4-13(17)5-2-10/h1-6,9,11H,7-8H2,(H2,18,21)(H,19,20)/t11-/m1/s1. The van der Waals surface area contributed by atoms with Gasteiger partial charge in [0, 0.05) is 12.7 Å². The Kier molecular flexibility index (Phi) is 5.11. The van der Waals surface area contributed by atoms with Crippen LogP contribution in [0.25, 0.3) is 0 Å². The van der Waals surface area contributed by atoms with Crippen molar-refractivity contribution in [2.24, 2.45) is 11.7 Å². The Bertz CT molecular complexity index is 601. The predicted octanol–water partition coefficient (Wildman–Crippen LogP) is 2.63. The van der Waals surface area contributed by atoms with Crippen molar-refractivity contribution in [2.75, 3.05) is 11.9 Å². The summed E-state index contributed by atoms with van der Waals surface area (Å²) in [4.78, 5) is 15.6. The summed E-state index contributed by atoms with van der Waals surface area (Å²) in [6, 6.07) is 9.44. The largest absolute Gasteiger partial charge is 0.369 e. The lowest BCUT2D eigenvalue weighted by atomic mass is 9.98. The number of nitrogens with one attached hydrogen (secondary N) is 1. The van der Waals surface area contributed by atoms with E-state index in [4.69, 9.17) is 17.3 Å². The van der Waals surface area contributed by atoms with Crippen LogP contribution in [0.5, 0.6) is 0 Å². The number of hydrogen-bond donors (Lipinski definition) is 2. The number of pyridine rings is 1. The van der Waals surface area contributed by atoms with E-state index in [1.807, 2.05) is 0 Å². The van der Waals surface area contributed by atoms with E-state index in [1.165, 1.54) is 18.3 Å². The Morgan fingerprint density at radius 2 is 2.00 bits per heavy atom. The van der Waals surface area contributed by atoms with Crippen LogP contribution < -0.4 is 11.1 Å². The number of primary amides is 1. The van der Waals surface area contributed by atoms with Gasteiger partial charge in [-0.3, -0.25) is 4.79 Å². The lowest BCUT2D eigenvalue weighted by molar-refractivity contribution is -0.121. The fraction of sp³-hybridized carbons (Fsp3) is 0.200. The first-order valence-corrected chi connectivity index (χ1v) is 6.81. The number of aromatic nitrogens is 1. The zero-order chi connectivity index (χ0) is 15.2. The second kappa shape index (κ2) is 7.04. The summed E-state index contributed by atoms with van der Waals surface area (Å²) in [6.07, 6.45) is 1.96. The van der Waals surface area contributed by atoms with E-state index in [9.17, 15) is 9.18 Å². The fourth-order valence-corrected chi connectivity index (χ4v) is 2.00. The van der Waals surface area contributed by atoms with Crippen molar-refractivity contribution < 1.29 is 9.18 Å². The number of rotatable bonds is 6. The quantitative estimate of drug-likeness (QED) is 0.862. The van der Waals surface area contributed by atoms with Gasteiger partial charge in [-0.15, -0.1) is 0 Å². The molecule has 110 valence electrons. The molecule has 2 aromatic rings. The van der Waals surface area contributed by atoms with E-state index in [0.717, 1.165) is 5.56 Å². The average Bonchev–Trinajstić information content (AvgIpc) is 2.47. The fourth-order valence-electron chi connectivity index (χ4n) is 1.89. The summed E-state index contributed by atoms with van der Waals surface area (Å²) >= 11 is 5.75. The molecule has 0 unspecified atom stereocenters. The van der Waals surface area contributed by atoms with Crippen LogP contribution >= 0.6 is 11.6 Å². The number of hydrogen-bond acceptors (Lipinski definition) is 3. The van der Waals surface area contributed by atoms with Gasteiger partial charge in [-0.1, -0.05) is 23.7 Å². The maximum Gasteiger partial charge on any atom is 0.222 e. The molecule has 0 fully saturated rings. The Hall–Kier alpha value is -2.14. The number of nitrogens with two attached hydrogens (primary N) is 1. The van der Waals surface area contributed by atoms with Gasteiger partial charge in [0.1, 0.15) is 11.6 Å². The normalized spacial score (nSPS) is 11.9. The van der Waals surface area contributed by atoms with E-state index >= 15 is 0 Å². The first-order chi connectivity index (χ1) is 10.0. The van der Waals surface area contributed by atoms with Gasteiger partial charge in [-0.05, 0) is 36.2 Å². The SMILES string of the molecule is NC(=O)[C@@H](CNc1ccc(Cl)cn1)Cc1ccc(F)cc1. The molecule has 1 atom stereocenters. The van der Waals surface area contributed by atoms with Crippen molar-refractivity contribution >= 4 is 23.3 Å². The van der Waals surface area contributed by atoms with Crippen LogP contribution in [0.15, 0.2) is 42.6 Å². The smallest absolute Gasteiger partial charge is 0.222 e. The highest BCUT2D eigenvalue weighted by Crippen LogP contribution is 2.13. The zero-order valence-electron chi connectivity index (χ0n) is 11.2. The highest BCUT2D eigenvalue weighted by molar-refractivity contribution is 6.30. The van der Waals surface area contributed by atoms with Crippen molar-refractivity contribution in [1.82, 2.24) is 4.98 Å².